The number of thiazole rings is 1. The normalized spacial score (nSPS) is 10.6. The summed E-state index contributed by atoms with van der Waals surface area (Å²) < 4.78 is 7.12. The van der Waals surface area contributed by atoms with Gasteiger partial charge in [-0.15, -0.1) is 0 Å². The third kappa shape index (κ3) is 3.13. The molecular weight excluding hydrogens is 401 g/mol. The second-order valence-corrected chi connectivity index (χ2v) is 6.44. The average molecular weight is 411 g/mol. The highest BCUT2D eigenvalue weighted by Gasteiger charge is 2.11. The number of carbonyl (C=O) groups excluding carboxylic acids is 1. The van der Waals surface area contributed by atoms with Crippen LogP contribution in [0.25, 0.3) is 10.2 Å². The van der Waals surface area contributed by atoms with Crippen molar-refractivity contribution < 1.29 is 9.53 Å². The first-order valence-corrected chi connectivity index (χ1v) is 7.93. The number of ether oxygens (including phenoxy) is 1. The Balaban J connectivity index is 1.84. The molecule has 0 atom stereocenters. The van der Waals surface area contributed by atoms with E-state index in [4.69, 9.17) is 4.74 Å². The van der Waals surface area contributed by atoms with E-state index >= 15 is 0 Å². The summed E-state index contributed by atoms with van der Waals surface area (Å²) >= 11 is 3.54. The van der Waals surface area contributed by atoms with Crippen LogP contribution in [-0.4, -0.2) is 23.0 Å². The van der Waals surface area contributed by atoms with Crippen LogP contribution in [0.2, 0.25) is 0 Å². The summed E-state index contributed by atoms with van der Waals surface area (Å²) in [5, 5.41) is 3.31. The number of nitrogens with zero attached hydrogens (tertiary/aromatic N) is 2. The number of hydrogen-bond acceptors (Lipinski definition) is 5. The van der Waals surface area contributed by atoms with Crippen LogP contribution in [0.4, 0.5) is 5.13 Å². The summed E-state index contributed by atoms with van der Waals surface area (Å²) in [4.78, 5) is 20.6. The minimum Gasteiger partial charge on any atom is -0.497 e. The monoisotopic (exact) mass is 411 g/mol. The van der Waals surface area contributed by atoms with Gasteiger partial charge in [-0.2, -0.15) is 0 Å². The first-order chi connectivity index (χ1) is 10.2. The molecule has 1 aromatic carbocycles. The summed E-state index contributed by atoms with van der Waals surface area (Å²) in [5.74, 6) is 0.501. The SMILES string of the molecule is COc1ccc2nc(NC(=O)c3ccc(I)cn3)sc2c1. The second kappa shape index (κ2) is 5.94. The molecule has 3 aromatic rings. The van der Waals surface area contributed by atoms with Gasteiger partial charge in [0, 0.05) is 9.77 Å². The van der Waals surface area contributed by atoms with Crippen molar-refractivity contribution in [2.45, 2.75) is 0 Å². The Bertz CT molecular complexity index is 802. The van der Waals surface area contributed by atoms with E-state index in [1.807, 2.05) is 24.3 Å². The van der Waals surface area contributed by atoms with Crippen molar-refractivity contribution in [3.05, 3.63) is 45.8 Å². The molecule has 7 heteroatoms. The highest BCUT2D eigenvalue weighted by atomic mass is 127. The average Bonchev–Trinajstić information content (AvgIpc) is 2.88. The molecule has 2 aromatic heterocycles. The van der Waals surface area contributed by atoms with Crippen LogP contribution in [0.5, 0.6) is 5.75 Å². The quantitative estimate of drug-likeness (QED) is 0.670. The van der Waals surface area contributed by atoms with Crippen molar-refractivity contribution in [1.82, 2.24) is 9.97 Å². The van der Waals surface area contributed by atoms with Gasteiger partial charge < -0.3 is 4.74 Å². The molecule has 21 heavy (non-hydrogen) atoms. The molecule has 3 rings (SSSR count). The fourth-order valence-corrected chi connectivity index (χ4v) is 2.97. The maximum Gasteiger partial charge on any atom is 0.276 e. The first-order valence-electron chi connectivity index (χ1n) is 6.03. The van der Waals surface area contributed by atoms with E-state index in [-0.39, 0.29) is 5.91 Å². The van der Waals surface area contributed by atoms with E-state index in [1.54, 1.807) is 19.4 Å². The van der Waals surface area contributed by atoms with Crippen LogP contribution in [-0.2, 0) is 0 Å². The standard InChI is InChI=1S/C14H10IN3O2S/c1-20-9-3-5-10-12(6-9)21-14(17-10)18-13(19)11-4-2-8(15)7-16-11/h2-7H,1H3,(H,17,18,19). The van der Waals surface area contributed by atoms with Crippen molar-refractivity contribution in [3.8, 4) is 5.75 Å². The van der Waals surface area contributed by atoms with Crippen LogP contribution in [0.1, 0.15) is 10.5 Å². The molecule has 1 amide bonds. The number of nitrogens with one attached hydrogen (secondary N) is 1. The molecule has 2 heterocycles. The van der Waals surface area contributed by atoms with Gasteiger partial charge in [0.2, 0.25) is 0 Å². The highest BCUT2D eigenvalue weighted by Crippen LogP contribution is 2.29. The summed E-state index contributed by atoms with van der Waals surface area (Å²) in [5.41, 5.74) is 1.19. The van der Waals surface area contributed by atoms with Crippen LogP contribution in [0.3, 0.4) is 0 Å². The van der Waals surface area contributed by atoms with Crippen molar-refractivity contribution >= 4 is 55.2 Å². The molecule has 1 N–H and O–H groups in total. The molecule has 0 aliphatic rings. The Morgan fingerprint density at radius 1 is 1.33 bits per heavy atom. The molecule has 0 fully saturated rings. The molecule has 0 aliphatic heterocycles. The molecule has 5 nitrogen and oxygen atoms in total. The first kappa shape index (κ1) is 14.2. The van der Waals surface area contributed by atoms with E-state index in [2.05, 4.69) is 37.9 Å². The lowest BCUT2D eigenvalue weighted by Crippen LogP contribution is -2.13. The lowest BCUT2D eigenvalue weighted by Gasteiger charge is -2.00. The fourth-order valence-electron chi connectivity index (χ4n) is 1.76. The number of pyridine rings is 1. The van der Waals surface area contributed by atoms with Crippen molar-refractivity contribution in [1.29, 1.82) is 0 Å². The van der Waals surface area contributed by atoms with Gasteiger partial charge in [-0.1, -0.05) is 11.3 Å². The van der Waals surface area contributed by atoms with Crippen molar-refractivity contribution in [3.63, 3.8) is 0 Å². The predicted molar refractivity (Wildman–Crippen MR) is 91.1 cm³/mol. The molecule has 0 spiro atoms. The van der Waals surface area contributed by atoms with Gasteiger partial charge in [0.05, 0.1) is 17.3 Å². The third-order valence-corrected chi connectivity index (χ3v) is 4.35. The Kier molecular flexibility index (Phi) is 4.02. The summed E-state index contributed by atoms with van der Waals surface area (Å²) in [7, 11) is 1.62. The third-order valence-electron chi connectivity index (χ3n) is 2.78. The van der Waals surface area contributed by atoms with Crippen molar-refractivity contribution in [2.24, 2.45) is 0 Å². The van der Waals surface area contributed by atoms with Crippen LogP contribution >= 0.6 is 33.9 Å². The minimum absolute atomic E-state index is 0.266. The van der Waals surface area contributed by atoms with Gasteiger partial charge in [-0.3, -0.25) is 10.1 Å². The lowest BCUT2D eigenvalue weighted by atomic mass is 10.3. The largest absolute Gasteiger partial charge is 0.497 e. The summed E-state index contributed by atoms with van der Waals surface area (Å²) in [6.07, 6.45) is 1.65. The van der Waals surface area contributed by atoms with Crippen LogP contribution < -0.4 is 10.1 Å². The van der Waals surface area contributed by atoms with E-state index in [0.717, 1.165) is 19.5 Å². The molecule has 0 saturated heterocycles. The fraction of sp³-hybridized carbons (Fsp3) is 0.0714. The number of anilines is 1. The number of aromatic nitrogens is 2. The van der Waals surface area contributed by atoms with E-state index in [0.29, 0.717) is 10.8 Å². The van der Waals surface area contributed by atoms with Gasteiger partial charge in [0.15, 0.2) is 5.13 Å². The van der Waals surface area contributed by atoms with Gasteiger partial charge in [0.25, 0.3) is 5.91 Å². The zero-order valence-corrected chi connectivity index (χ0v) is 13.9. The number of rotatable bonds is 3. The van der Waals surface area contributed by atoms with Crippen LogP contribution in [0.15, 0.2) is 36.5 Å². The highest BCUT2D eigenvalue weighted by molar-refractivity contribution is 14.1. The Labute approximate surface area is 138 Å². The van der Waals surface area contributed by atoms with Crippen LogP contribution in [0, 0.1) is 3.57 Å². The molecule has 0 saturated carbocycles. The molecule has 0 aliphatic carbocycles. The molecular formula is C14H10IN3O2S. The molecule has 106 valence electrons. The molecule has 0 bridgehead atoms. The number of fused-ring (bicyclic) bond motifs is 1. The Morgan fingerprint density at radius 2 is 2.19 bits per heavy atom. The number of amides is 1. The van der Waals surface area contributed by atoms with Gasteiger partial charge in [0.1, 0.15) is 11.4 Å². The van der Waals surface area contributed by atoms with E-state index < -0.39 is 0 Å². The number of hydrogen-bond donors (Lipinski definition) is 1. The van der Waals surface area contributed by atoms with E-state index in [1.165, 1.54) is 11.3 Å². The predicted octanol–water partition coefficient (Wildman–Crippen LogP) is 3.56. The lowest BCUT2D eigenvalue weighted by molar-refractivity contribution is 0.102. The van der Waals surface area contributed by atoms with Crippen molar-refractivity contribution in [2.75, 3.05) is 12.4 Å². The summed E-state index contributed by atoms with van der Waals surface area (Å²) in [6.45, 7) is 0. The number of halogens is 1. The maximum absolute atomic E-state index is 12.1. The number of methoxy groups -OCH3 is 1. The van der Waals surface area contributed by atoms with Gasteiger partial charge in [-0.05, 0) is 52.9 Å². The maximum atomic E-state index is 12.1. The zero-order chi connectivity index (χ0) is 14.8. The Hall–Kier alpha value is -1.74. The summed E-state index contributed by atoms with van der Waals surface area (Å²) in [6, 6.07) is 9.13. The Morgan fingerprint density at radius 3 is 2.90 bits per heavy atom. The molecule has 0 radical (unpaired) electrons. The second-order valence-electron chi connectivity index (χ2n) is 4.17. The minimum atomic E-state index is -0.266. The smallest absolute Gasteiger partial charge is 0.276 e. The van der Waals surface area contributed by atoms with Gasteiger partial charge in [-0.25, -0.2) is 9.97 Å². The van der Waals surface area contributed by atoms with E-state index in [9.17, 15) is 4.79 Å². The molecule has 0 unspecified atom stereocenters. The van der Waals surface area contributed by atoms with Gasteiger partial charge >= 0.3 is 0 Å². The topological polar surface area (TPSA) is 64.1 Å². The number of carbonyl (C=O) groups is 1. The zero-order valence-electron chi connectivity index (χ0n) is 11.0. The number of benzene rings is 1.